The topological polar surface area (TPSA) is 58.2 Å². The average Bonchev–Trinajstić information content (AvgIpc) is 2.25. The minimum absolute atomic E-state index is 0.118. The molecule has 1 aromatic rings. The van der Waals surface area contributed by atoms with Gasteiger partial charge in [0.2, 0.25) is 10.0 Å². The maximum atomic E-state index is 11.8. The van der Waals surface area contributed by atoms with Gasteiger partial charge in [-0.3, -0.25) is 4.72 Å². The molecule has 2 N–H and O–H groups in total. The smallest absolute Gasteiger partial charge is 0.232 e. The molecule has 0 fully saturated rings. The second kappa shape index (κ2) is 6.91. The molecule has 0 radical (unpaired) electrons. The lowest BCUT2D eigenvalue weighted by Gasteiger charge is -2.11. The van der Waals surface area contributed by atoms with Gasteiger partial charge in [0.25, 0.3) is 0 Å². The lowest BCUT2D eigenvalue weighted by molar-refractivity contribution is 0.587. The Kier molecular flexibility index (Phi) is 5.82. The Labute approximate surface area is 116 Å². The fraction of sp³-hybridized carbons (Fsp3) is 0.571. The molecule has 0 heterocycles. The standard InChI is InChI=1S/C14H24N2O2S/c1-11(2)10-19(17,18)16-14-7-5-13(6-8-14)9-15-12(3)4/h5-8,11-12,15-16H,9-10H2,1-4H3. The van der Waals surface area contributed by atoms with Gasteiger partial charge in [-0.25, -0.2) is 8.42 Å². The van der Waals surface area contributed by atoms with Gasteiger partial charge in [0.05, 0.1) is 5.75 Å². The summed E-state index contributed by atoms with van der Waals surface area (Å²) in [4.78, 5) is 0. The summed E-state index contributed by atoms with van der Waals surface area (Å²) in [6.45, 7) is 8.75. The first kappa shape index (κ1) is 16.0. The zero-order valence-electron chi connectivity index (χ0n) is 12.1. The van der Waals surface area contributed by atoms with Gasteiger partial charge in [-0.15, -0.1) is 0 Å². The summed E-state index contributed by atoms with van der Waals surface area (Å²) in [5.74, 6) is 0.260. The summed E-state index contributed by atoms with van der Waals surface area (Å²) in [6.07, 6.45) is 0. The van der Waals surface area contributed by atoms with Crippen LogP contribution < -0.4 is 10.0 Å². The highest BCUT2D eigenvalue weighted by Gasteiger charge is 2.12. The molecule has 0 saturated carbocycles. The third-order valence-electron chi connectivity index (χ3n) is 2.49. The third kappa shape index (κ3) is 6.59. The Hall–Kier alpha value is -1.07. The van der Waals surface area contributed by atoms with Crippen LogP contribution in [0.2, 0.25) is 0 Å². The van der Waals surface area contributed by atoms with Gasteiger partial charge in [-0.1, -0.05) is 39.8 Å². The van der Waals surface area contributed by atoms with Crippen molar-refractivity contribution in [2.75, 3.05) is 10.5 Å². The van der Waals surface area contributed by atoms with E-state index in [1.165, 1.54) is 0 Å². The Morgan fingerprint density at radius 3 is 2.11 bits per heavy atom. The van der Waals surface area contributed by atoms with Crippen LogP contribution in [-0.4, -0.2) is 20.2 Å². The van der Waals surface area contributed by atoms with E-state index in [1.54, 1.807) is 12.1 Å². The highest BCUT2D eigenvalue weighted by atomic mass is 32.2. The van der Waals surface area contributed by atoms with Gasteiger partial charge in [0.15, 0.2) is 0 Å². The molecule has 0 amide bonds. The van der Waals surface area contributed by atoms with Crippen LogP contribution in [0.5, 0.6) is 0 Å². The third-order valence-corrected chi connectivity index (χ3v) is 4.15. The van der Waals surface area contributed by atoms with Gasteiger partial charge in [-0.05, 0) is 23.6 Å². The van der Waals surface area contributed by atoms with Crippen molar-refractivity contribution < 1.29 is 8.42 Å². The number of anilines is 1. The van der Waals surface area contributed by atoms with Crippen molar-refractivity contribution in [1.29, 1.82) is 0 Å². The second-order valence-corrected chi connectivity index (χ2v) is 7.28. The van der Waals surface area contributed by atoms with Crippen LogP contribution >= 0.6 is 0 Å². The summed E-state index contributed by atoms with van der Waals surface area (Å²) in [7, 11) is -3.24. The molecule has 0 bridgehead atoms. The maximum absolute atomic E-state index is 11.8. The van der Waals surface area contributed by atoms with Crippen LogP contribution in [0.25, 0.3) is 0 Å². The van der Waals surface area contributed by atoms with Gasteiger partial charge < -0.3 is 5.32 Å². The second-order valence-electron chi connectivity index (χ2n) is 5.51. The average molecular weight is 284 g/mol. The van der Waals surface area contributed by atoms with Crippen LogP contribution in [0, 0.1) is 5.92 Å². The van der Waals surface area contributed by atoms with Gasteiger partial charge in [0, 0.05) is 18.3 Å². The summed E-state index contributed by atoms with van der Waals surface area (Å²) in [6, 6.07) is 7.90. The molecule has 0 aliphatic heterocycles. The molecule has 5 heteroatoms. The quantitative estimate of drug-likeness (QED) is 0.809. The van der Waals surface area contributed by atoms with Gasteiger partial charge in [0.1, 0.15) is 0 Å². The number of sulfonamides is 1. The minimum atomic E-state index is -3.24. The summed E-state index contributed by atoms with van der Waals surface area (Å²) in [5.41, 5.74) is 1.76. The molecular weight excluding hydrogens is 260 g/mol. The van der Waals surface area contributed by atoms with Crippen molar-refractivity contribution in [3.63, 3.8) is 0 Å². The fourth-order valence-corrected chi connectivity index (χ4v) is 3.13. The number of rotatable bonds is 7. The predicted octanol–water partition coefficient (Wildman–Crippen LogP) is 2.58. The van der Waals surface area contributed by atoms with Gasteiger partial charge in [-0.2, -0.15) is 0 Å². The first-order valence-electron chi connectivity index (χ1n) is 6.61. The Morgan fingerprint density at radius 2 is 1.63 bits per heavy atom. The molecule has 0 unspecified atom stereocenters. The van der Waals surface area contributed by atoms with E-state index in [0.29, 0.717) is 11.7 Å². The Balaban J connectivity index is 2.62. The first-order chi connectivity index (χ1) is 8.78. The number of hydrogen-bond donors (Lipinski definition) is 2. The Bertz CT molecular complexity index is 479. The minimum Gasteiger partial charge on any atom is -0.310 e. The molecular formula is C14H24N2O2S. The van der Waals surface area contributed by atoms with Crippen molar-refractivity contribution >= 4 is 15.7 Å². The zero-order valence-corrected chi connectivity index (χ0v) is 12.9. The predicted molar refractivity (Wildman–Crippen MR) is 80.7 cm³/mol. The molecule has 1 rings (SSSR count). The molecule has 0 saturated heterocycles. The summed E-state index contributed by atoms with van der Waals surface area (Å²) < 4.78 is 26.2. The van der Waals surface area contributed by atoms with Gasteiger partial charge >= 0.3 is 0 Å². The van der Waals surface area contributed by atoms with E-state index in [2.05, 4.69) is 23.9 Å². The van der Waals surface area contributed by atoms with Crippen molar-refractivity contribution in [2.45, 2.75) is 40.3 Å². The Morgan fingerprint density at radius 1 is 1.05 bits per heavy atom. The fourth-order valence-electron chi connectivity index (χ4n) is 1.67. The van der Waals surface area contributed by atoms with Crippen molar-refractivity contribution in [1.82, 2.24) is 5.32 Å². The van der Waals surface area contributed by atoms with E-state index >= 15 is 0 Å². The first-order valence-corrected chi connectivity index (χ1v) is 8.26. The lowest BCUT2D eigenvalue weighted by atomic mass is 10.2. The molecule has 0 spiro atoms. The zero-order chi connectivity index (χ0) is 14.5. The van der Waals surface area contributed by atoms with E-state index in [1.807, 2.05) is 26.0 Å². The van der Waals surface area contributed by atoms with Crippen molar-refractivity contribution in [3.05, 3.63) is 29.8 Å². The van der Waals surface area contributed by atoms with Crippen LogP contribution in [0.1, 0.15) is 33.3 Å². The largest absolute Gasteiger partial charge is 0.310 e. The number of nitrogens with one attached hydrogen (secondary N) is 2. The van der Waals surface area contributed by atoms with Crippen molar-refractivity contribution in [2.24, 2.45) is 5.92 Å². The summed E-state index contributed by atoms with van der Waals surface area (Å²) in [5, 5.41) is 3.32. The van der Waals surface area contributed by atoms with E-state index in [0.717, 1.165) is 12.1 Å². The molecule has 0 aliphatic carbocycles. The van der Waals surface area contributed by atoms with E-state index < -0.39 is 10.0 Å². The highest BCUT2D eigenvalue weighted by molar-refractivity contribution is 7.92. The molecule has 4 nitrogen and oxygen atoms in total. The molecule has 19 heavy (non-hydrogen) atoms. The van der Waals surface area contributed by atoms with Crippen LogP contribution in [0.3, 0.4) is 0 Å². The monoisotopic (exact) mass is 284 g/mol. The lowest BCUT2D eigenvalue weighted by Crippen LogP contribution is -2.22. The van der Waals surface area contributed by atoms with E-state index in [9.17, 15) is 8.42 Å². The molecule has 0 aliphatic rings. The van der Waals surface area contributed by atoms with Crippen LogP contribution in [-0.2, 0) is 16.6 Å². The SMILES string of the molecule is CC(C)CS(=O)(=O)Nc1ccc(CNC(C)C)cc1. The van der Waals surface area contributed by atoms with E-state index in [-0.39, 0.29) is 11.7 Å². The number of hydrogen-bond acceptors (Lipinski definition) is 3. The van der Waals surface area contributed by atoms with Crippen molar-refractivity contribution in [3.8, 4) is 0 Å². The molecule has 1 aromatic carbocycles. The van der Waals surface area contributed by atoms with Crippen LogP contribution in [0.15, 0.2) is 24.3 Å². The molecule has 0 atom stereocenters. The molecule has 108 valence electrons. The number of benzene rings is 1. The molecule has 0 aromatic heterocycles. The van der Waals surface area contributed by atoms with E-state index in [4.69, 9.17) is 0 Å². The summed E-state index contributed by atoms with van der Waals surface area (Å²) >= 11 is 0. The van der Waals surface area contributed by atoms with Crippen LogP contribution in [0.4, 0.5) is 5.69 Å². The highest BCUT2D eigenvalue weighted by Crippen LogP contribution is 2.12. The normalized spacial score (nSPS) is 12.1. The maximum Gasteiger partial charge on any atom is 0.232 e.